The Bertz CT molecular complexity index is 1280. The van der Waals surface area contributed by atoms with Crippen LogP contribution >= 0.6 is 11.3 Å². The molecule has 4 rings (SSSR count). The average Bonchev–Trinajstić information content (AvgIpc) is 3.29. The maximum absolute atomic E-state index is 12.7. The molecular weight excluding hydrogens is 480 g/mol. The predicted molar refractivity (Wildman–Crippen MR) is 139 cm³/mol. The van der Waals surface area contributed by atoms with E-state index in [2.05, 4.69) is 25.2 Å². The molecule has 0 unspecified atom stereocenters. The van der Waals surface area contributed by atoms with E-state index >= 15 is 0 Å². The number of ether oxygens (including phenoxy) is 1. The maximum Gasteiger partial charge on any atom is 0.318 e. The summed E-state index contributed by atoms with van der Waals surface area (Å²) >= 11 is 1.21. The van der Waals surface area contributed by atoms with Gasteiger partial charge in [-0.1, -0.05) is 25.2 Å². The minimum absolute atomic E-state index is 0.0250. The Morgan fingerprint density at radius 3 is 2.39 bits per heavy atom. The van der Waals surface area contributed by atoms with E-state index < -0.39 is 11.4 Å². The van der Waals surface area contributed by atoms with Crippen LogP contribution in [0.5, 0.6) is 0 Å². The highest BCUT2D eigenvalue weighted by Gasteiger charge is 2.41. The Morgan fingerprint density at radius 2 is 1.81 bits per heavy atom. The van der Waals surface area contributed by atoms with Crippen LogP contribution in [0, 0.1) is 5.41 Å². The number of aromatic nitrogens is 3. The van der Waals surface area contributed by atoms with Crippen LogP contribution in [0.25, 0.3) is 21.3 Å². The van der Waals surface area contributed by atoms with Crippen LogP contribution in [0.3, 0.4) is 0 Å². The molecule has 1 aromatic carbocycles. The van der Waals surface area contributed by atoms with E-state index in [1.807, 2.05) is 26.0 Å². The number of thiazole rings is 1. The fourth-order valence-electron chi connectivity index (χ4n) is 4.51. The Balaban J connectivity index is 1.58. The van der Waals surface area contributed by atoms with Crippen molar-refractivity contribution in [3.63, 3.8) is 0 Å². The molecule has 0 radical (unpaired) electrons. The van der Waals surface area contributed by atoms with Crippen LogP contribution in [0.1, 0.15) is 56.8 Å². The van der Waals surface area contributed by atoms with Crippen molar-refractivity contribution < 1.29 is 19.1 Å². The molecule has 2 amide bonds. The van der Waals surface area contributed by atoms with Crippen molar-refractivity contribution in [2.24, 2.45) is 11.1 Å². The third-order valence-corrected chi connectivity index (χ3v) is 7.72. The SMILES string of the molecule is CCOC(=O)C1(CC)CCN(c2ncc(-c3cc(C(=O)CC)c4sc(NC(N)=O)nc4c3)cn2)CC1. The molecule has 11 heteroatoms. The third-order valence-electron chi connectivity index (χ3n) is 6.70. The number of nitrogens with zero attached hydrogens (tertiary/aromatic N) is 4. The molecule has 1 aliphatic heterocycles. The number of esters is 1. The highest BCUT2D eigenvalue weighted by molar-refractivity contribution is 7.22. The van der Waals surface area contributed by atoms with Crippen molar-refractivity contribution in [2.75, 3.05) is 29.9 Å². The van der Waals surface area contributed by atoms with E-state index in [9.17, 15) is 14.4 Å². The number of hydrogen-bond acceptors (Lipinski definition) is 9. The minimum atomic E-state index is -0.710. The molecule has 0 spiro atoms. The zero-order valence-electron chi connectivity index (χ0n) is 20.7. The molecule has 3 N–H and O–H groups in total. The topological polar surface area (TPSA) is 140 Å². The molecule has 1 aliphatic rings. The van der Waals surface area contributed by atoms with Crippen LogP contribution in [-0.2, 0) is 9.53 Å². The van der Waals surface area contributed by atoms with Gasteiger partial charge in [-0.05, 0) is 43.9 Å². The summed E-state index contributed by atoms with van der Waals surface area (Å²) in [6.07, 6.45) is 5.92. The van der Waals surface area contributed by atoms with Gasteiger partial charge < -0.3 is 15.4 Å². The lowest BCUT2D eigenvalue weighted by Gasteiger charge is -2.39. The molecule has 1 fully saturated rings. The number of piperidine rings is 1. The summed E-state index contributed by atoms with van der Waals surface area (Å²) in [6.45, 7) is 7.38. The molecular formula is C25H30N6O4S. The number of carbonyl (C=O) groups excluding carboxylic acids is 3. The molecule has 3 heterocycles. The zero-order valence-corrected chi connectivity index (χ0v) is 21.5. The van der Waals surface area contributed by atoms with Crippen LogP contribution in [0.15, 0.2) is 24.5 Å². The van der Waals surface area contributed by atoms with Crippen molar-refractivity contribution in [1.29, 1.82) is 0 Å². The fourth-order valence-corrected chi connectivity index (χ4v) is 5.49. The second kappa shape index (κ2) is 10.6. The Hall–Kier alpha value is -3.60. The first-order valence-electron chi connectivity index (χ1n) is 12.1. The highest BCUT2D eigenvalue weighted by Crippen LogP contribution is 2.38. The van der Waals surface area contributed by atoms with Gasteiger partial charge in [0, 0.05) is 43.0 Å². The number of benzene rings is 1. The molecule has 10 nitrogen and oxygen atoms in total. The monoisotopic (exact) mass is 510 g/mol. The number of anilines is 2. The van der Waals surface area contributed by atoms with Crippen molar-refractivity contribution >= 4 is 50.4 Å². The number of primary amides is 1. The number of urea groups is 1. The van der Waals surface area contributed by atoms with E-state index in [0.717, 1.165) is 17.5 Å². The molecule has 0 saturated carbocycles. The van der Waals surface area contributed by atoms with E-state index in [1.165, 1.54) is 11.3 Å². The molecule has 36 heavy (non-hydrogen) atoms. The molecule has 1 saturated heterocycles. The quantitative estimate of drug-likeness (QED) is 0.336. The van der Waals surface area contributed by atoms with Gasteiger partial charge in [0.05, 0.1) is 22.2 Å². The number of fused-ring (bicyclic) bond motifs is 1. The minimum Gasteiger partial charge on any atom is -0.466 e. The summed E-state index contributed by atoms with van der Waals surface area (Å²) in [6, 6.07) is 2.95. The predicted octanol–water partition coefficient (Wildman–Crippen LogP) is 4.40. The van der Waals surface area contributed by atoms with E-state index in [1.54, 1.807) is 19.3 Å². The molecule has 0 atom stereocenters. The highest BCUT2D eigenvalue weighted by atomic mass is 32.1. The number of rotatable bonds is 8. The number of nitrogens with two attached hydrogens (primary N) is 1. The summed E-state index contributed by atoms with van der Waals surface area (Å²) in [4.78, 5) is 52.1. The van der Waals surface area contributed by atoms with Crippen LogP contribution in [0.4, 0.5) is 15.9 Å². The Labute approximate surface area is 213 Å². The van der Waals surface area contributed by atoms with E-state index in [4.69, 9.17) is 10.5 Å². The van der Waals surface area contributed by atoms with Crippen molar-refractivity contribution in [1.82, 2.24) is 15.0 Å². The van der Waals surface area contributed by atoms with Crippen molar-refractivity contribution in [3.8, 4) is 11.1 Å². The van der Waals surface area contributed by atoms with Crippen molar-refractivity contribution in [2.45, 2.75) is 46.5 Å². The van der Waals surface area contributed by atoms with Gasteiger partial charge in [-0.2, -0.15) is 0 Å². The molecule has 2 aromatic heterocycles. The first-order valence-corrected chi connectivity index (χ1v) is 12.9. The number of carbonyl (C=O) groups is 3. The number of hydrogen-bond donors (Lipinski definition) is 2. The van der Waals surface area contributed by atoms with E-state index in [0.29, 0.717) is 65.8 Å². The van der Waals surface area contributed by atoms with Gasteiger partial charge in [-0.3, -0.25) is 14.9 Å². The Kier molecular flexibility index (Phi) is 7.48. The summed E-state index contributed by atoms with van der Waals surface area (Å²) < 4.78 is 6.02. The summed E-state index contributed by atoms with van der Waals surface area (Å²) in [7, 11) is 0. The van der Waals surface area contributed by atoms with Gasteiger partial charge in [0.15, 0.2) is 10.9 Å². The number of ketones is 1. The van der Waals surface area contributed by atoms with Gasteiger partial charge in [0.25, 0.3) is 0 Å². The first-order chi connectivity index (χ1) is 17.3. The smallest absolute Gasteiger partial charge is 0.318 e. The first kappa shape index (κ1) is 25.5. The zero-order chi connectivity index (χ0) is 25.9. The number of amides is 2. The van der Waals surface area contributed by atoms with Gasteiger partial charge in [0.2, 0.25) is 5.95 Å². The standard InChI is InChI=1S/C25H30N6O4S/c1-4-19(32)17-11-15(12-18-20(17)36-24(29-18)30-22(26)34)16-13-27-23(28-14-16)31-9-7-25(5-2,8-10-31)21(33)35-6-3/h11-14H,4-10H2,1-3H3,(H3,26,29,30,34). The number of nitrogens with one attached hydrogen (secondary N) is 1. The molecule has 3 aromatic rings. The lowest BCUT2D eigenvalue weighted by Crippen LogP contribution is -2.45. The molecule has 0 bridgehead atoms. The molecule has 190 valence electrons. The lowest BCUT2D eigenvalue weighted by molar-refractivity contribution is -0.157. The van der Waals surface area contributed by atoms with Gasteiger partial charge >= 0.3 is 12.0 Å². The van der Waals surface area contributed by atoms with Crippen LogP contribution in [0.2, 0.25) is 0 Å². The third kappa shape index (κ3) is 5.01. The van der Waals surface area contributed by atoms with E-state index in [-0.39, 0.29) is 11.8 Å². The normalized spacial score (nSPS) is 15.0. The summed E-state index contributed by atoms with van der Waals surface area (Å²) in [5, 5.41) is 2.82. The number of Topliss-reactive ketones (excluding diaryl/α,β-unsaturated/α-hetero) is 1. The fraction of sp³-hybridized carbons (Fsp3) is 0.440. The van der Waals surface area contributed by atoms with Gasteiger partial charge in [0.1, 0.15) is 0 Å². The van der Waals surface area contributed by atoms with Gasteiger partial charge in [-0.15, -0.1) is 0 Å². The lowest BCUT2D eigenvalue weighted by atomic mass is 9.76. The van der Waals surface area contributed by atoms with Crippen molar-refractivity contribution in [3.05, 3.63) is 30.1 Å². The second-order valence-corrected chi connectivity index (χ2v) is 9.77. The summed E-state index contributed by atoms with van der Waals surface area (Å²) in [5.74, 6) is 0.454. The summed E-state index contributed by atoms with van der Waals surface area (Å²) in [5.41, 5.74) is 7.41. The largest absolute Gasteiger partial charge is 0.466 e. The average molecular weight is 511 g/mol. The van der Waals surface area contributed by atoms with Crippen LogP contribution < -0.4 is 16.0 Å². The maximum atomic E-state index is 12.7. The molecule has 0 aliphatic carbocycles. The van der Waals surface area contributed by atoms with Gasteiger partial charge in [-0.25, -0.2) is 19.7 Å². The Morgan fingerprint density at radius 1 is 1.11 bits per heavy atom. The second-order valence-electron chi connectivity index (χ2n) is 8.77. The van der Waals surface area contributed by atoms with Crippen LogP contribution in [-0.4, -0.2) is 52.4 Å².